The fourth-order valence-electron chi connectivity index (χ4n) is 5.84. The van der Waals surface area contributed by atoms with Crippen LogP contribution in [0.5, 0.6) is 5.75 Å². The number of pyridine rings is 1. The van der Waals surface area contributed by atoms with Crippen molar-refractivity contribution in [1.82, 2.24) is 9.47 Å². The van der Waals surface area contributed by atoms with Crippen LogP contribution < -0.4 is 15.2 Å². The van der Waals surface area contributed by atoms with Crippen LogP contribution in [-0.4, -0.2) is 56.7 Å². The number of rotatable bonds is 13. The van der Waals surface area contributed by atoms with Crippen LogP contribution in [0.4, 0.5) is 11.4 Å². The number of aromatic nitrogens is 1. The van der Waals surface area contributed by atoms with E-state index in [9.17, 15) is 34.7 Å². The third-order valence-electron chi connectivity index (χ3n) is 8.47. The molecule has 1 aromatic heterocycles. The molecule has 2 heterocycles. The average molecular weight is 653 g/mol. The Hall–Kier alpha value is -5.59. The molecule has 0 radical (unpaired) electrons. The highest BCUT2D eigenvalue weighted by molar-refractivity contribution is 6.07. The van der Waals surface area contributed by atoms with Crippen molar-refractivity contribution in [2.24, 2.45) is 5.92 Å². The van der Waals surface area contributed by atoms with Gasteiger partial charge in [0.2, 0.25) is 5.91 Å². The number of nitro groups is 1. The van der Waals surface area contributed by atoms with Gasteiger partial charge in [-0.15, -0.1) is 0 Å². The Kier molecular flexibility index (Phi) is 10.2. The molecule has 0 aliphatic carbocycles. The van der Waals surface area contributed by atoms with E-state index in [-0.39, 0.29) is 54.6 Å². The lowest BCUT2D eigenvalue weighted by Gasteiger charge is -2.28. The first-order valence-corrected chi connectivity index (χ1v) is 15.4. The van der Waals surface area contributed by atoms with Crippen molar-refractivity contribution in [1.29, 1.82) is 0 Å². The largest absolute Gasteiger partial charge is 0.491 e. The monoisotopic (exact) mass is 652 g/mol. The van der Waals surface area contributed by atoms with Gasteiger partial charge in [-0.2, -0.15) is 0 Å². The number of amides is 2. The molecule has 3 aromatic carbocycles. The Balaban J connectivity index is 1.38. The highest BCUT2D eigenvalue weighted by atomic mass is 16.6. The molecule has 0 spiro atoms. The summed E-state index contributed by atoms with van der Waals surface area (Å²) in [7, 11) is 1.42. The lowest BCUT2D eigenvalue weighted by molar-refractivity contribution is -0.385. The zero-order chi connectivity index (χ0) is 34.4. The van der Waals surface area contributed by atoms with Gasteiger partial charge in [0.15, 0.2) is 11.4 Å². The summed E-state index contributed by atoms with van der Waals surface area (Å²) >= 11 is 0. The molecule has 1 aliphatic heterocycles. The predicted molar refractivity (Wildman–Crippen MR) is 179 cm³/mol. The number of methoxy groups -OCH3 is 1. The first-order valence-electron chi connectivity index (χ1n) is 15.4. The molecule has 0 bridgehead atoms. The van der Waals surface area contributed by atoms with Crippen molar-refractivity contribution in [3.63, 3.8) is 0 Å². The smallest absolute Gasteiger partial charge is 0.297 e. The second-order valence-electron chi connectivity index (χ2n) is 11.5. The number of anilines is 1. The number of nitrogens with zero attached hydrogens (tertiary/aromatic N) is 4. The van der Waals surface area contributed by atoms with Gasteiger partial charge < -0.3 is 24.7 Å². The number of hydrogen-bond donors (Lipinski definition) is 2. The first kappa shape index (κ1) is 33.8. The molecule has 12 nitrogen and oxygen atoms in total. The van der Waals surface area contributed by atoms with E-state index in [4.69, 9.17) is 4.74 Å². The minimum Gasteiger partial charge on any atom is -0.491 e. The molecular formula is C36H36N4O8. The third-order valence-corrected chi connectivity index (χ3v) is 8.47. The number of benzene rings is 3. The summed E-state index contributed by atoms with van der Waals surface area (Å²) in [4.78, 5) is 53.7. The summed E-state index contributed by atoms with van der Waals surface area (Å²) in [6.07, 6.45) is 4.69. The Morgan fingerprint density at radius 3 is 2.44 bits per heavy atom. The van der Waals surface area contributed by atoms with E-state index in [1.165, 1.54) is 39.7 Å². The zero-order valence-electron chi connectivity index (χ0n) is 26.6. The zero-order valence-corrected chi connectivity index (χ0v) is 26.6. The van der Waals surface area contributed by atoms with Gasteiger partial charge in [0.05, 0.1) is 30.9 Å². The van der Waals surface area contributed by atoms with Gasteiger partial charge in [-0.25, -0.2) is 0 Å². The Labute approximate surface area is 276 Å². The van der Waals surface area contributed by atoms with E-state index >= 15 is 0 Å². The van der Waals surface area contributed by atoms with Crippen LogP contribution in [0.25, 0.3) is 5.69 Å². The number of carbonyl (C=O) groups excluding carboxylic acids is 2. The van der Waals surface area contributed by atoms with E-state index < -0.39 is 22.3 Å². The molecule has 4 aromatic rings. The molecule has 5 rings (SSSR count). The van der Waals surface area contributed by atoms with Crippen molar-refractivity contribution >= 4 is 23.2 Å². The standard InChI is InChI=1S/C36H36N4O8/c1-25(8-6-12-33(42)37(20-21-41)23-26-9-4-3-5-10-26)36(45)30-22-29(40(46)47)17-18-31(30)39(35(36)44)24-27-13-15-28(16-14-27)38-19-7-11-32(48-2)34(38)43/h3-11,13-19,22,25,41,45H,12,20-21,23-24H2,1-2H3/b8-6+/t25-,36+/m0/s1. The molecule has 248 valence electrons. The molecule has 0 saturated carbocycles. The number of fused-ring (bicyclic) bond motifs is 1. The van der Waals surface area contributed by atoms with E-state index in [1.807, 2.05) is 30.3 Å². The van der Waals surface area contributed by atoms with Crippen molar-refractivity contribution in [3.8, 4) is 11.4 Å². The van der Waals surface area contributed by atoms with Gasteiger partial charge in [-0.1, -0.05) is 61.5 Å². The van der Waals surface area contributed by atoms with Crippen LogP contribution in [0.2, 0.25) is 0 Å². The highest BCUT2D eigenvalue weighted by Crippen LogP contribution is 2.47. The first-order chi connectivity index (χ1) is 23.1. The van der Waals surface area contributed by atoms with Crippen molar-refractivity contribution in [3.05, 3.63) is 140 Å². The number of carbonyl (C=O) groups is 2. The van der Waals surface area contributed by atoms with Crippen molar-refractivity contribution in [2.45, 2.75) is 32.0 Å². The SMILES string of the molecule is COc1cccn(-c2ccc(CN3C(=O)[C@@](O)([C@@H](C)/C=C/CC(=O)N(CCO)Cc4ccccc4)c4cc([N+](=O)[O-])ccc43)cc2)c1=O. The number of aliphatic hydroxyl groups is 2. The second-order valence-corrected chi connectivity index (χ2v) is 11.5. The maximum atomic E-state index is 14.0. The van der Waals surface area contributed by atoms with Crippen LogP contribution in [0.1, 0.15) is 30.0 Å². The fourth-order valence-corrected chi connectivity index (χ4v) is 5.84. The molecule has 48 heavy (non-hydrogen) atoms. The average Bonchev–Trinajstić information content (AvgIpc) is 3.31. The maximum absolute atomic E-state index is 14.0. The number of hydrogen-bond acceptors (Lipinski definition) is 8. The van der Waals surface area contributed by atoms with Crippen LogP contribution >= 0.6 is 0 Å². The van der Waals surface area contributed by atoms with Crippen molar-refractivity contribution in [2.75, 3.05) is 25.2 Å². The van der Waals surface area contributed by atoms with Gasteiger partial charge >= 0.3 is 0 Å². The summed E-state index contributed by atoms with van der Waals surface area (Å²) in [5.41, 5.74) is -0.157. The summed E-state index contributed by atoms with van der Waals surface area (Å²) in [6.45, 7) is 1.91. The number of aliphatic hydroxyl groups excluding tert-OH is 1. The maximum Gasteiger partial charge on any atom is 0.297 e. The van der Waals surface area contributed by atoms with Crippen LogP contribution in [0.3, 0.4) is 0 Å². The van der Waals surface area contributed by atoms with Gasteiger partial charge in [-0.3, -0.25) is 29.1 Å². The molecule has 2 N–H and O–H groups in total. The molecular weight excluding hydrogens is 616 g/mol. The van der Waals surface area contributed by atoms with Gasteiger partial charge in [0, 0.05) is 55.0 Å². The van der Waals surface area contributed by atoms with Crippen molar-refractivity contribution < 1.29 is 29.5 Å². The minimum atomic E-state index is -2.15. The lowest BCUT2D eigenvalue weighted by atomic mass is 9.82. The van der Waals surface area contributed by atoms with E-state index in [0.717, 1.165) is 5.56 Å². The highest BCUT2D eigenvalue weighted by Gasteiger charge is 2.53. The number of non-ortho nitro benzene ring substituents is 1. The summed E-state index contributed by atoms with van der Waals surface area (Å²) < 4.78 is 6.56. The van der Waals surface area contributed by atoms with Crippen LogP contribution in [-0.2, 0) is 28.3 Å². The molecule has 0 saturated heterocycles. The molecule has 12 heteroatoms. The van der Waals surface area contributed by atoms with E-state index in [0.29, 0.717) is 23.5 Å². The van der Waals surface area contributed by atoms with Crippen LogP contribution in [0.15, 0.2) is 108 Å². The van der Waals surface area contributed by atoms with E-state index in [1.54, 1.807) is 61.7 Å². The summed E-state index contributed by atoms with van der Waals surface area (Å²) in [5, 5.41) is 33.2. The quantitative estimate of drug-likeness (QED) is 0.124. The third kappa shape index (κ3) is 6.75. The predicted octanol–water partition coefficient (Wildman–Crippen LogP) is 4.09. The van der Waals surface area contributed by atoms with Gasteiger partial charge in [0.25, 0.3) is 17.2 Å². The minimum absolute atomic E-state index is 0.0454. The molecule has 0 unspecified atom stereocenters. The second kappa shape index (κ2) is 14.4. The fraction of sp³-hybridized carbons (Fsp3) is 0.250. The molecule has 2 amide bonds. The molecule has 2 atom stereocenters. The van der Waals surface area contributed by atoms with Crippen LogP contribution in [0, 0.1) is 16.0 Å². The Morgan fingerprint density at radius 2 is 1.77 bits per heavy atom. The molecule has 1 aliphatic rings. The number of nitro benzene ring substituents is 1. The molecule has 0 fully saturated rings. The summed E-state index contributed by atoms with van der Waals surface area (Å²) in [5.74, 6) is -1.60. The Bertz CT molecular complexity index is 1890. The number of ether oxygens (including phenoxy) is 1. The normalized spacial score (nSPS) is 16.2. The Morgan fingerprint density at radius 1 is 1.04 bits per heavy atom. The summed E-state index contributed by atoms with van der Waals surface area (Å²) in [6, 6.07) is 23.5. The lowest BCUT2D eigenvalue weighted by Crippen LogP contribution is -2.44. The topological polar surface area (TPSA) is 155 Å². The van der Waals surface area contributed by atoms with Gasteiger partial charge in [0.1, 0.15) is 0 Å². The van der Waals surface area contributed by atoms with Gasteiger partial charge in [-0.05, 0) is 41.5 Å². The van der Waals surface area contributed by atoms with E-state index in [2.05, 4.69) is 0 Å².